The van der Waals surface area contributed by atoms with Crippen molar-refractivity contribution in [3.8, 4) is 0 Å². The van der Waals surface area contributed by atoms with Crippen LogP contribution >= 0.6 is 0 Å². The standard InChI is InChI=1S/C11H23NO/c1-5-13-11(4)7-9(12)6-10(2,3)8-11/h9H,5-8,12H2,1-4H3. The van der Waals surface area contributed by atoms with Crippen molar-refractivity contribution in [2.75, 3.05) is 6.61 Å². The third-order valence-corrected chi connectivity index (χ3v) is 2.85. The molecule has 0 aromatic heterocycles. The molecule has 0 amide bonds. The second-order valence-corrected chi connectivity index (χ2v) is 5.39. The van der Waals surface area contributed by atoms with Crippen LogP contribution in [-0.2, 0) is 4.74 Å². The molecule has 2 nitrogen and oxygen atoms in total. The first-order chi connectivity index (χ1) is 5.87. The highest BCUT2D eigenvalue weighted by molar-refractivity contribution is 4.94. The van der Waals surface area contributed by atoms with Gasteiger partial charge in [-0.2, -0.15) is 0 Å². The third kappa shape index (κ3) is 2.96. The van der Waals surface area contributed by atoms with Crippen molar-refractivity contribution in [2.45, 2.75) is 58.6 Å². The largest absolute Gasteiger partial charge is 0.375 e. The first-order valence-corrected chi connectivity index (χ1v) is 5.26. The highest BCUT2D eigenvalue weighted by atomic mass is 16.5. The first-order valence-electron chi connectivity index (χ1n) is 5.26. The van der Waals surface area contributed by atoms with Gasteiger partial charge in [0.1, 0.15) is 0 Å². The molecule has 0 aliphatic heterocycles. The summed E-state index contributed by atoms with van der Waals surface area (Å²) in [7, 11) is 0. The molecule has 0 saturated heterocycles. The Hall–Kier alpha value is -0.0800. The number of hydrogen-bond acceptors (Lipinski definition) is 2. The van der Waals surface area contributed by atoms with Crippen LogP contribution in [0.1, 0.15) is 47.0 Å². The molecular weight excluding hydrogens is 162 g/mol. The van der Waals surface area contributed by atoms with E-state index in [0.717, 1.165) is 25.9 Å². The zero-order chi connectivity index (χ0) is 10.1. The van der Waals surface area contributed by atoms with Crippen molar-refractivity contribution >= 4 is 0 Å². The van der Waals surface area contributed by atoms with E-state index in [1.807, 2.05) is 0 Å². The van der Waals surface area contributed by atoms with Gasteiger partial charge in [-0.25, -0.2) is 0 Å². The average Bonchev–Trinajstić information content (AvgIpc) is 1.78. The summed E-state index contributed by atoms with van der Waals surface area (Å²) in [6, 6.07) is 0.306. The van der Waals surface area contributed by atoms with Crippen molar-refractivity contribution in [3.05, 3.63) is 0 Å². The van der Waals surface area contributed by atoms with E-state index in [2.05, 4.69) is 27.7 Å². The summed E-state index contributed by atoms with van der Waals surface area (Å²) >= 11 is 0. The Labute approximate surface area is 81.8 Å². The predicted molar refractivity (Wildman–Crippen MR) is 55.6 cm³/mol. The minimum absolute atomic E-state index is 0.00984. The number of ether oxygens (including phenoxy) is 1. The van der Waals surface area contributed by atoms with Gasteiger partial charge < -0.3 is 10.5 Å². The van der Waals surface area contributed by atoms with E-state index >= 15 is 0 Å². The lowest BCUT2D eigenvalue weighted by Crippen LogP contribution is -2.47. The summed E-state index contributed by atoms with van der Waals surface area (Å²) in [5, 5.41) is 0. The Bertz CT molecular complexity index is 179. The smallest absolute Gasteiger partial charge is 0.0674 e. The van der Waals surface area contributed by atoms with Crippen LogP contribution in [0.4, 0.5) is 0 Å². The summed E-state index contributed by atoms with van der Waals surface area (Å²) < 4.78 is 5.80. The molecule has 0 spiro atoms. The van der Waals surface area contributed by atoms with Crippen molar-refractivity contribution < 1.29 is 4.74 Å². The molecule has 0 heterocycles. The normalized spacial score (nSPS) is 39.0. The van der Waals surface area contributed by atoms with Crippen molar-refractivity contribution in [1.82, 2.24) is 0 Å². The number of nitrogens with two attached hydrogens (primary N) is 1. The fraction of sp³-hybridized carbons (Fsp3) is 1.00. The van der Waals surface area contributed by atoms with Gasteiger partial charge in [0.2, 0.25) is 0 Å². The van der Waals surface area contributed by atoms with Crippen molar-refractivity contribution in [1.29, 1.82) is 0 Å². The number of rotatable bonds is 2. The van der Waals surface area contributed by atoms with E-state index in [4.69, 9.17) is 10.5 Å². The quantitative estimate of drug-likeness (QED) is 0.716. The molecular formula is C11H23NO. The molecule has 13 heavy (non-hydrogen) atoms. The van der Waals surface area contributed by atoms with E-state index in [0.29, 0.717) is 11.5 Å². The summed E-state index contributed by atoms with van der Waals surface area (Å²) in [5.74, 6) is 0. The number of hydrogen-bond donors (Lipinski definition) is 1. The maximum absolute atomic E-state index is 6.04. The SMILES string of the molecule is CCOC1(C)CC(N)CC(C)(C)C1. The van der Waals surface area contributed by atoms with Gasteiger partial charge in [0.15, 0.2) is 0 Å². The molecule has 0 aromatic rings. The summed E-state index contributed by atoms with van der Waals surface area (Å²) in [4.78, 5) is 0. The van der Waals surface area contributed by atoms with Crippen LogP contribution < -0.4 is 5.73 Å². The molecule has 0 bridgehead atoms. The van der Waals surface area contributed by atoms with Gasteiger partial charge in [-0.1, -0.05) is 13.8 Å². The Morgan fingerprint density at radius 2 is 1.92 bits per heavy atom. The topological polar surface area (TPSA) is 35.2 Å². The lowest BCUT2D eigenvalue weighted by molar-refractivity contribution is -0.0852. The Morgan fingerprint density at radius 1 is 1.31 bits per heavy atom. The molecule has 0 aromatic carbocycles. The fourth-order valence-corrected chi connectivity index (χ4v) is 2.95. The Kier molecular flexibility index (Phi) is 3.03. The molecule has 1 aliphatic rings. The molecule has 1 fully saturated rings. The van der Waals surface area contributed by atoms with E-state index in [-0.39, 0.29) is 5.60 Å². The molecule has 1 saturated carbocycles. The van der Waals surface area contributed by atoms with Gasteiger partial charge >= 0.3 is 0 Å². The van der Waals surface area contributed by atoms with Gasteiger partial charge in [0.05, 0.1) is 5.60 Å². The van der Waals surface area contributed by atoms with Crippen LogP contribution in [0.25, 0.3) is 0 Å². The average molecular weight is 185 g/mol. The second-order valence-electron chi connectivity index (χ2n) is 5.39. The molecule has 1 aliphatic carbocycles. The minimum Gasteiger partial charge on any atom is -0.375 e. The van der Waals surface area contributed by atoms with Gasteiger partial charge in [0.25, 0.3) is 0 Å². The maximum Gasteiger partial charge on any atom is 0.0674 e. The van der Waals surface area contributed by atoms with E-state index < -0.39 is 0 Å². The first kappa shape index (κ1) is 11.0. The van der Waals surface area contributed by atoms with Gasteiger partial charge in [-0.3, -0.25) is 0 Å². The van der Waals surface area contributed by atoms with Gasteiger partial charge in [0, 0.05) is 12.6 Å². The van der Waals surface area contributed by atoms with Crippen molar-refractivity contribution in [3.63, 3.8) is 0 Å². The van der Waals surface area contributed by atoms with Crippen LogP contribution in [0, 0.1) is 5.41 Å². The molecule has 2 N–H and O–H groups in total. The summed E-state index contributed by atoms with van der Waals surface area (Å²) in [5.41, 5.74) is 6.38. The summed E-state index contributed by atoms with van der Waals surface area (Å²) in [6.45, 7) is 9.60. The third-order valence-electron chi connectivity index (χ3n) is 2.85. The molecule has 2 heteroatoms. The molecule has 1 rings (SSSR count). The van der Waals surface area contributed by atoms with Crippen LogP contribution in [0.2, 0.25) is 0 Å². The fourth-order valence-electron chi connectivity index (χ4n) is 2.95. The lowest BCUT2D eigenvalue weighted by Gasteiger charge is -2.45. The van der Waals surface area contributed by atoms with E-state index in [1.165, 1.54) is 0 Å². The zero-order valence-electron chi connectivity index (χ0n) is 9.39. The Morgan fingerprint density at radius 3 is 2.38 bits per heavy atom. The van der Waals surface area contributed by atoms with Crippen LogP contribution in [0.3, 0.4) is 0 Å². The minimum atomic E-state index is 0.00984. The Balaban J connectivity index is 2.66. The lowest BCUT2D eigenvalue weighted by atomic mass is 9.68. The van der Waals surface area contributed by atoms with Crippen molar-refractivity contribution in [2.24, 2.45) is 11.1 Å². The second kappa shape index (κ2) is 3.58. The van der Waals surface area contributed by atoms with E-state index in [1.54, 1.807) is 0 Å². The predicted octanol–water partition coefficient (Wildman–Crippen LogP) is 2.32. The summed E-state index contributed by atoms with van der Waals surface area (Å²) in [6.07, 6.45) is 3.25. The highest BCUT2D eigenvalue weighted by Crippen LogP contribution is 2.42. The van der Waals surface area contributed by atoms with Crippen LogP contribution in [-0.4, -0.2) is 18.2 Å². The molecule has 78 valence electrons. The van der Waals surface area contributed by atoms with Gasteiger partial charge in [-0.05, 0) is 38.5 Å². The van der Waals surface area contributed by atoms with E-state index in [9.17, 15) is 0 Å². The monoisotopic (exact) mass is 185 g/mol. The molecule has 2 unspecified atom stereocenters. The highest BCUT2D eigenvalue weighted by Gasteiger charge is 2.40. The zero-order valence-corrected chi connectivity index (χ0v) is 9.39. The molecule has 2 atom stereocenters. The van der Waals surface area contributed by atoms with Crippen LogP contribution in [0.15, 0.2) is 0 Å². The molecule has 0 radical (unpaired) electrons. The van der Waals surface area contributed by atoms with Crippen LogP contribution in [0.5, 0.6) is 0 Å². The maximum atomic E-state index is 6.04. The van der Waals surface area contributed by atoms with Gasteiger partial charge in [-0.15, -0.1) is 0 Å².